The molecule has 0 saturated heterocycles. The molecule has 0 aliphatic heterocycles. The number of nitrogens with zero attached hydrogens (tertiary/aromatic N) is 2. The molecule has 6 heteroatoms. The smallest absolute Gasteiger partial charge is 0.256 e. The molecule has 0 fully saturated rings. The maximum atomic E-state index is 12.1. The number of phenols is 1. The quantitative estimate of drug-likeness (QED) is 0.764. The third-order valence-electron chi connectivity index (χ3n) is 2.96. The molecule has 0 aliphatic rings. The predicted octanol–water partition coefficient (Wildman–Crippen LogP) is 1.58. The Balaban J connectivity index is 2.28. The van der Waals surface area contributed by atoms with Crippen LogP contribution in [0.5, 0.6) is 5.75 Å². The van der Waals surface area contributed by atoms with Gasteiger partial charge >= 0.3 is 0 Å². The molecule has 2 rings (SSSR count). The minimum absolute atomic E-state index is 0.160. The Morgan fingerprint density at radius 1 is 1.42 bits per heavy atom. The highest BCUT2D eigenvalue weighted by Gasteiger charge is 2.14. The van der Waals surface area contributed by atoms with Crippen molar-refractivity contribution in [1.29, 1.82) is 0 Å². The summed E-state index contributed by atoms with van der Waals surface area (Å²) < 4.78 is 1.52. The maximum Gasteiger partial charge on any atom is 0.256 e. The number of hydrogen-bond donors (Lipinski definition) is 3. The largest absolute Gasteiger partial charge is 0.508 e. The molecule has 0 radical (unpaired) electrons. The van der Waals surface area contributed by atoms with Gasteiger partial charge in [0.2, 0.25) is 0 Å². The molecule has 100 valence electrons. The number of nitrogens with one attached hydrogen (secondary N) is 1. The second-order valence-corrected chi connectivity index (χ2v) is 4.43. The fraction of sp³-hybridized carbons (Fsp3) is 0.231. The number of nitrogen functional groups attached to an aromatic ring is 1. The number of carbonyl (C=O) groups is 1. The maximum absolute atomic E-state index is 12.1. The van der Waals surface area contributed by atoms with E-state index in [1.807, 2.05) is 0 Å². The average Bonchev–Trinajstić information content (AvgIpc) is 2.59. The van der Waals surface area contributed by atoms with E-state index in [4.69, 9.17) is 5.73 Å². The standard InChI is InChI=1S/C13H16N4O2/c1-7-6-9(4-5-10(7)18)13(19)15-12-11(14)8(2)16-17(12)3/h4-6,18H,14H2,1-3H3,(H,15,19). The van der Waals surface area contributed by atoms with E-state index in [0.29, 0.717) is 28.3 Å². The second kappa shape index (κ2) is 4.64. The molecule has 6 nitrogen and oxygen atoms in total. The number of carbonyl (C=O) groups excluding carboxylic acids is 1. The molecule has 0 spiro atoms. The summed E-state index contributed by atoms with van der Waals surface area (Å²) in [6.45, 7) is 3.50. The average molecular weight is 260 g/mol. The van der Waals surface area contributed by atoms with E-state index in [0.717, 1.165) is 0 Å². The van der Waals surface area contributed by atoms with Crippen molar-refractivity contribution >= 4 is 17.4 Å². The molecule has 2 aromatic rings. The minimum Gasteiger partial charge on any atom is -0.508 e. The molecule has 0 saturated carbocycles. The summed E-state index contributed by atoms with van der Waals surface area (Å²) in [5.74, 6) is 0.332. The number of nitrogens with two attached hydrogens (primary N) is 1. The summed E-state index contributed by atoms with van der Waals surface area (Å²) in [4.78, 5) is 12.1. The number of benzene rings is 1. The van der Waals surface area contributed by atoms with Crippen LogP contribution in [0, 0.1) is 13.8 Å². The van der Waals surface area contributed by atoms with Crippen molar-refractivity contribution in [1.82, 2.24) is 9.78 Å². The molecular weight excluding hydrogens is 244 g/mol. The van der Waals surface area contributed by atoms with Gasteiger partial charge in [0.1, 0.15) is 5.75 Å². The molecule has 0 unspecified atom stereocenters. The van der Waals surface area contributed by atoms with Crippen molar-refractivity contribution in [2.24, 2.45) is 7.05 Å². The summed E-state index contributed by atoms with van der Waals surface area (Å²) >= 11 is 0. The minimum atomic E-state index is -0.294. The Kier molecular flexibility index (Phi) is 3.16. The number of aromatic hydroxyl groups is 1. The van der Waals surface area contributed by atoms with Crippen molar-refractivity contribution in [2.45, 2.75) is 13.8 Å². The van der Waals surface area contributed by atoms with Crippen LogP contribution in [0.25, 0.3) is 0 Å². The van der Waals surface area contributed by atoms with Crippen molar-refractivity contribution in [2.75, 3.05) is 11.1 Å². The summed E-state index contributed by atoms with van der Waals surface area (Å²) in [5, 5.41) is 16.3. The lowest BCUT2D eigenvalue weighted by Gasteiger charge is -2.07. The van der Waals surface area contributed by atoms with Crippen LogP contribution in [-0.2, 0) is 7.05 Å². The first-order chi connectivity index (χ1) is 8.90. The number of phenolic OH excluding ortho intramolecular Hbond substituents is 1. The van der Waals surface area contributed by atoms with Gasteiger partial charge in [0, 0.05) is 12.6 Å². The van der Waals surface area contributed by atoms with Crippen LogP contribution in [0.1, 0.15) is 21.6 Å². The van der Waals surface area contributed by atoms with Crippen LogP contribution >= 0.6 is 0 Å². The summed E-state index contributed by atoms with van der Waals surface area (Å²) in [5.41, 5.74) is 8.06. The van der Waals surface area contributed by atoms with E-state index in [-0.39, 0.29) is 11.7 Å². The van der Waals surface area contributed by atoms with Gasteiger partial charge in [-0.05, 0) is 37.6 Å². The van der Waals surface area contributed by atoms with Crippen molar-refractivity contribution in [3.05, 3.63) is 35.0 Å². The highest BCUT2D eigenvalue weighted by atomic mass is 16.3. The van der Waals surface area contributed by atoms with Crippen LogP contribution < -0.4 is 11.1 Å². The first-order valence-electron chi connectivity index (χ1n) is 5.80. The van der Waals surface area contributed by atoms with Gasteiger partial charge in [-0.25, -0.2) is 0 Å². The highest BCUT2D eigenvalue weighted by molar-refractivity contribution is 6.05. The van der Waals surface area contributed by atoms with Gasteiger partial charge in [-0.3, -0.25) is 9.48 Å². The molecule has 1 aromatic carbocycles. The van der Waals surface area contributed by atoms with Gasteiger partial charge < -0.3 is 16.2 Å². The van der Waals surface area contributed by atoms with Gasteiger partial charge in [0.25, 0.3) is 5.91 Å². The molecule has 4 N–H and O–H groups in total. The Bertz CT molecular complexity index is 646. The number of anilines is 2. The molecule has 19 heavy (non-hydrogen) atoms. The summed E-state index contributed by atoms with van der Waals surface area (Å²) in [6, 6.07) is 4.66. The zero-order valence-corrected chi connectivity index (χ0v) is 11.1. The second-order valence-electron chi connectivity index (χ2n) is 4.43. The van der Waals surface area contributed by atoms with Gasteiger partial charge in [0.15, 0.2) is 5.82 Å². The van der Waals surface area contributed by atoms with Crippen LogP contribution in [0.3, 0.4) is 0 Å². The van der Waals surface area contributed by atoms with Gasteiger partial charge in [0.05, 0.1) is 11.4 Å². The van der Waals surface area contributed by atoms with Crippen LogP contribution in [0.15, 0.2) is 18.2 Å². The lowest BCUT2D eigenvalue weighted by atomic mass is 10.1. The van der Waals surface area contributed by atoms with Crippen molar-refractivity contribution in [3.8, 4) is 5.75 Å². The molecular formula is C13H16N4O2. The lowest BCUT2D eigenvalue weighted by molar-refractivity contribution is 0.102. The van der Waals surface area contributed by atoms with Gasteiger partial charge in [-0.2, -0.15) is 5.10 Å². The summed E-state index contributed by atoms with van der Waals surface area (Å²) in [7, 11) is 1.71. The topological polar surface area (TPSA) is 93.2 Å². The van der Waals surface area contributed by atoms with E-state index in [2.05, 4.69) is 10.4 Å². The van der Waals surface area contributed by atoms with E-state index in [9.17, 15) is 9.90 Å². The first kappa shape index (κ1) is 12.9. The molecule has 1 amide bonds. The molecule has 1 heterocycles. The Labute approximate surface area is 110 Å². The van der Waals surface area contributed by atoms with E-state index >= 15 is 0 Å². The first-order valence-corrected chi connectivity index (χ1v) is 5.80. The van der Waals surface area contributed by atoms with Crippen molar-refractivity contribution in [3.63, 3.8) is 0 Å². The SMILES string of the molecule is Cc1cc(C(=O)Nc2c(N)c(C)nn2C)ccc1O. The predicted molar refractivity (Wildman–Crippen MR) is 73.2 cm³/mol. The zero-order valence-electron chi connectivity index (χ0n) is 11.1. The third kappa shape index (κ3) is 2.37. The fourth-order valence-electron chi connectivity index (χ4n) is 1.80. The third-order valence-corrected chi connectivity index (χ3v) is 2.96. The molecule has 1 aromatic heterocycles. The fourth-order valence-corrected chi connectivity index (χ4v) is 1.80. The van der Waals surface area contributed by atoms with Crippen LogP contribution in [0.4, 0.5) is 11.5 Å². The number of amides is 1. The Morgan fingerprint density at radius 3 is 2.63 bits per heavy atom. The van der Waals surface area contributed by atoms with E-state index in [1.54, 1.807) is 33.0 Å². The molecule has 0 atom stereocenters. The van der Waals surface area contributed by atoms with Gasteiger partial charge in [-0.15, -0.1) is 0 Å². The lowest BCUT2D eigenvalue weighted by Crippen LogP contribution is -2.15. The number of aryl methyl sites for hydroxylation is 3. The van der Waals surface area contributed by atoms with E-state index < -0.39 is 0 Å². The number of rotatable bonds is 2. The zero-order chi connectivity index (χ0) is 14.2. The number of hydrogen-bond acceptors (Lipinski definition) is 4. The summed E-state index contributed by atoms with van der Waals surface area (Å²) in [6.07, 6.45) is 0. The molecule has 0 bridgehead atoms. The monoisotopic (exact) mass is 260 g/mol. The highest BCUT2D eigenvalue weighted by Crippen LogP contribution is 2.22. The van der Waals surface area contributed by atoms with Crippen LogP contribution in [-0.4, -0.2) is 20.8 Å². The Morgan fingerprint density at radius 2 is 2.11 bits per heavy atom. The van der Waals surface area contributed by atoms with Crippen molar-refractivity contribution < 1.29 is 9.90 Å². The van der Waals surface area contributed by atoms with Crippen LogP contribution in [0.2, 0.25) is 0 Å². The van der Waals surface area contributed by atoms with E-state index in [1.165, 1.54) is 10.7 Å². The van der Waals surface area contributed by atoms with Gasteiger partial charge in [-0.1, -0.05) is 0 Å². The Hall–Kier alpha value is -2.50. The number of aromatic nitrogens is 2. The normalized spacial score (nSPS) is 10.5. The molecule has 0 aliphatic carbocycles.